The van der Waals surface area contributed by atoms with Gasteiger partial charge in [0.2, 0.25) is 5.43 Å². The first-order valence-electron chi connectivity index (χ1n) is 11.0. The number of aromatic carboxylic acids is 1. The number of pyridine rings is 1. The molecule has 0 bridgehead atoms. The Morgan fingerprint density at radius 3 is 2.43 bits per heavy atom. The highest BCUT2D eigenvalue weighted by molar-refractivity contribution is 7.85. The average molecular weight is 541 g/mol. The number of nitrogens with one attached hydrogen (secondary N) is 1. The van der Waals surface area contributed by atoms with Crippen molar-refractivity contribution in [2.45, 2.75) is 45.0 Å². The number of carboxylic acids is 1. The summed E-state index contributed by atoms with van der Waals surface area (Å²) in [4.78, 5) is 24.4. The second kappa shape index (κ2) is 10.5. The van der Waals surface area contributed by atoms with Crippen LogP contribution >= 0.6 is 0 Å². The average Bonchev–Trinajstić information content (AvgIpc) is 3.55. The summed E-state index contributed by atoms with van der Waals surface area (Å²) in [5, 5.41) is 12.8. The lowest BCUT2D eigenvalue weighted by Crippen LogP contribution is -2.19. The van der Waals surface area contributed by atoms with Crippen LogP contribution in [0.1, 0.15) is 53.3 Å². The van der Waals surface area contributed by atoms with Crippen molar-refractivity contribution in [2.75, 3.05) is 6.26 Å². The van der Waals surface area contributed by atoms with Crippen LogP contribution in [0.2, 0.25) is 0 Å². The standard InChI is InChI=1S/C23H20F2N2O4.CH4O3S.H2O/c1-11-15-5-2-12(8-13(15)9-26-11)16-6-7-17-19(21(16)31-23(24)25)27(14-3-4-14)10-18(20(17)28)22(29)30;1-5(2,3)4;/h2,5-8,10-11,14,23,26H,3-4,9H2,1H3,(H,29,30);1H3,(H,2,3,4);1H2/t11-;;/m1../s1. The van der Waals surface area contributed by atoms with Gasteiger partial charge >= 0.3 is 12.6 Å². The number of aromatic nitrogens is 1. The van der Waals surface area contributed by atoms with Crippen LogP contribution in [-0.4, -0.2) is 47.0 Å². The first-order chi connectivity index (χ1) is 16.8. The monoisotopic (exact) mass is 540 g/mol. The molecular formula is C24H26F2N2O8S. The molecule has 3 aromatic rings. The van der Waals surface area contributed by atoms with Crippen molar-refractivity contribution in [2.24, 2.45) is 0 Å². The van der Waals surface area contributed by atoms with Gasteiger partial charge in [0, 0.05) is 30.4 Å². The molecule has 0 amide bonds. The maximum Gasteiger partial charge on any atom is 0.387 e. The first-order valence-corrected chi connectivity index (χ1v) is 12.9. The van der Waals surface area contributed by atoms with Crippen LogP contribution in [-0.2, 0) is 16.7 Å². The van der Waals surface area contributed by atoms with Crippen LogP contribution in [0.3, 0.4) is 0 Å². The minimum Gasteiger partial charge on any atom is -0.477 e. The topological polar surface area (TPSA) is 166 Å². The lowest BCUT2D eigenvalue weighted by molar-refractivity contribution is -0.0486. The number of ether oxygens (including phenoxy) is 1. The van der Waals surface area contributed by atoms with Crippen molar-refractivity contribution in [1.82, 2.24) is 9.88 Å². The Labute approximate surface area is 210 Å². The molecule has 1 aromatic heterocycles. The highest BCUT2D eigenvalue weighted by atomic mass is 32.2. The maximum atomic E-state index is 13.5. The smallest absolute Gasteiger partial charge is 0.387 e. The molecule has 5 N–H and O–H groups in total. The van der Waals surface area contributed by atoms with Gasteiger partial charge < -0.3 is 25.2 Å². The van der Waals surface area contributed by atoms with E-state index in [1.807, 2.05) is 18.2 Å². The van der Waals surface area contributed by atoms with E-state index in [0.29, 0.717) is 23.9 Å². The summed E-state index contributed by atoms with van der Waals surface area (Å²) < 4.78 is 59.4. The second-order valence-corrected chi connectivity index (χ2v) is 10.2. The predicted molar refractivity (Wildman–Crippen MR) is 132 cm³/mol. The van der Waals surface area contributed by atoms with Gasteiger partial charge in [-0.15, -0.1) is 0 Å². The van der Waals surface area contributed by atoms with E-state index in [1.54, 1.807) is 10.6 Å². The molecule has 2 heterocycles. The third kappa shape index (κ3) is 6.13. The van der Waals surface area contributed by atoms with Gasteiger partial charge in [0.05, 0.1) is 17.2 Å². The third-order valence-corrected chi connectivity index (χ3v) is 6.04. The van der Waals surface area contributed by atoms with Gasteiger partial charge in [-0.05, 0) is 54.7 Å². The van der Waals surface area contributed by atoms with Crippen LogP contribution < -0.4 is 15.5 Å². The Balaban J connectivity index is 0.000000581. The Morgan fingerprint density at radius 2 is 1.86 bits per heavy atom. The van der Waals surface area contributed by atoms with Crippen molar-refractivity contribution in [3.05, 3.63) is 63.4 Å². The minimum atomic E-state index is -3.67. The SMILES string of the molecule is CS(=O)(=O)O.C[C@H]1NCc2cc(-c3ccc4c(=O)c(C(=O)O)cn(C5CC5)c4c3OC(F)F)ccc21.O. The Kier molecular flexibility index (Phi) is 8.03. The van der Waals surface area contributed by atoms with Gasteiger partial charge in [0.25, 0.3) is 10.1 Å². The molecule has 1 atom stereocenters. The van der Waals surface area contributed by atoms with Gasteiger partial charge in [-0.2, -0.15) is 17.2 Å². The molecule has 13 heteroatoms. The summed E-state index contributed by atoms with van der Waals surface area (Å²) in [6, 6.07) is 8.98. The van der Waals surface area contributed by atoms with E-state index in [-0.39, 0.29) is 39.8 Å². The summed E-state index contributed by atoms with van der Waals surface area (Å²) in [5.74, 6) is -1.45. The van der Waals surface area contributed by atoms with Gasteiger partial charge in [-0.25, -0.2) is 4.79 Å². The van der Waals surface area contributed by atoms with E-state index in [1.165, 1.54) is 12.3 Å². The number of carbonyl (C=O) groups is 1. The molecule has 0 saturated heterocycles. The molecule has 5 rings (SSSR count). The van der Waals surface area contributed by atoms with E-state index < -0.39 is 28.1 Å². The molecule has 2 aromatic carbocycles. The zero-order chi connectivity index (χ0) is 26.4. The van der Waals surface area contributed by atoms with E-state index >= 15 is 0 Å². The summed E-state index contributed by atoms with van der Waals surface area (Å²) in [7, 11) is -3.67. The van der Waals surface area contributed by atoms with Crippen LogP contribution in [0.5, 0.6) is 5.75 Å². The lowest BCUT2D eigenvalue weighted by Gasteiger charge is -2.19. The van der Waals surface area contributed by atoms with Crippen molar-refractivity contribution >= 4 is 27.0 Å². The molecule has 2 aliphatic rings. The summed E-state index contributed by atoms with van der Waals surface area (Å²) >= 11 is 0. The van der Waals surface area contributed by atoms with Crippen LogP contribution in [0.15, 0.2) is 41.3 Å². The molecule has 10 nitrogen and oxygen atoms in total. The number of halogens is 2. The van der Waals surface area contributed by atoms with E-state index in [2.05, 4.69) is 12.2 Å². The van der Waals surface area contributed by atoms with Crippen LogP contribution in [0.25, 0.3) is 22.0 Å². The number of carboxylic acid groups (broad SMARTS) is 1. The fraction of sp³-hybridized carbons (Fsp3) is 0.333. The highest BCUT2D eigenvalue weighted by Gasteiger charge is 2.30. The number of fused-ring (bicyclic) bond motifs is 2. The third-order valence-electron chi connectivity index (χ3n) is 6.04. The van der Waals surface area contributed by atoms with E-state index in [4.69, 9.17) is 9.29 Å². The number of benzene rings is 2. The fourth-order valence-electron chi connectivity index (χ4n) is 4.37. The van der Waals surface area contributed by atoms with E-state index in [9.17, 15) is 31.9 Å². The highest BCUT2D eigenvalue weighted by Crippen LogP contribution is 2.43. The van der Waals surface area contributed by atoms with Crippen molar-refractivity contribution in [3.8, 4) is 16.9 Å². The summed E-state index contributed by atoms with van der Waals surface area (Å²) in [6.45, 7) is -0.360. The van der Waals surface area contributed by atoms with Crippen molar-refractivity contribution in [3.63, 3.8) is 0 Å². The first kappa shape index (κ1) is 28.2. The zero-order valence-corrected chi connectivity index (χ0v) is 20.7. The molecule has 0 unspecified atom stereocenters. The van der Waals surface area contributed by atoms with Crippen molar-refractivity contribution < 1.29 is 41.9 Å². The van der Waals surface area contributed by atoms with E-state index in [0.717, 1.165) is 24.0 Å². The molecule has 1 saturated carbocycles. The number of hydrogen-bond acceptors (Lipinski definition) is 6. The molecule has 200 valence electrons. The minimum absolute atomic E-state index is 0. The second-order valence-electron chi connectivity index (χ2n) is 8.78. The maximum absolute atomic E-state index is 13.5. The van der Waals surface area contributed by atoms with Gasteiger partial charge in [0.1, 0.15) is 5.56 Å². The number of hydrogen-bond donors (Lipinski definition) is 3. The van der Waals surface area contributed by atoms with Gasteiger partial charge in [0.15, 0.2) is 5.75 Å². The van der Waals surface area contributed by atoms with Crippen LogP contribution in [0, 0.1) is 0 Å². The normalized spacial score (nSPS) is 16.5. The fourth-order valence-corrected chi connectivity index (χ4v) is 4.37. The Morgan fingerprint density at radius 1 is 1.22 bits per heavy atom. The molecule has 1 aliphatic heterocycles. The molecule has 1 aliphatic carbocycles. The Bertz CT molecular complexity index is 1510. The number of rotatable bonds is 5. The molecule has 37 heavy (non-hydrogen) atoms. The van der Waals surface area contributed by atoms with Gasteiger partial charge in [-0.3, -0.25) is 9.35 Å². The number of alkyl halides is 2. The molecular weight excluding hydrogens is 514 g/mol. The predicted octanol–water partition coefficient (Wildman–Crippen LogP) is 3.15. The number of nitrogens with zero attached hydrogens (tertiary/aromatic N) is 1. The molecule has 0 spiro atoms. The zero-order valence-electron chi connectivity index (χ0n) is 19.9. The van der Waals surface area contributed by atoms with Crippen LogP contribution in [0.4, 0.5) is 8.78 Å². The van der Waals surface area contributed by atoms with Crippen molar-refractivity contribution in [1.29, 1.82) is 0 Å². The summed E-state index contributed by atoms with van der Waals surface area (Å²) in [6.07, 6.45) is 3.52. The lowest BCUT2D eigenvalue weighted by atomic mass is 9.96. The largest absolute Gasteiger partial charge is 0.477 e. The summed E-state index contributed by atoms with van der Waals surface area (Å²) in [5.41, 5.74) is 2.49. The van der Waals surface area contributed by atoms with Gasteiger partial charge in [-0.1, -0.05) is 12.1 Å². The quantitative estimate of drug-likeness (QED) is 0.415. The Hall–Kier alpha value is -3.39. The molecule has 0 radical (unpaired) electrons. The molecule has 1 fully saturated rings.